The van der Waals surface area contributed by atoms with E-state index in [0.29, 0.717) is 24.2 Å². The van der Waals surface area contributed by atoms with Crippen LogP contribution in [0.3, 0.4) is 0 Å². The third kappa shape index (κ3) is 2.33. The van der Waals surface area contributed by atoms with Gasteiger partial charge in [0.05, 0.1) is 12.1 Å². The topological polar surface area (TPSA) is 93.9 Å². The monoisotopic (exact) mass is 312 g/mol. The number of aromatic nitrogens is 2. The van der Waals surface area contributed by atoms with Gasteiger partial charge < -0.3 is 10.5 Å². The summed E-state index contributed by atoms with van der Waals surface area (Å²) in [6.07, 6.45) is 2.76. The van der Waals surface area contributed by atoms with Crippen molar-refractivity contribution in [3.63, 3.8) is 0 Å². The Labute approximate surface area is 135 Å². The number of nitrogens with zero attached hydrogens (tertiary/aromatic N) is 3. The summed E-state index contributed by atoms with van der Waals surface area (Å²) in [6, 6.07) is 2.12. The minimum atomic E-state index is -0.485. The van der Waals surface area contributed by atoms with Crippen molar-refractivity contribution in [1.82, 2.24) is 9.78 Å². The predicted molar refractivity (Wildman–Crippen MR) is 83.6 cm³/mol. The molecule has 0 spiro atoms. The molecule has 1 aliphatic carbocycles. The zero-order chi connectivity index (χ0) is 16.9. The highest BCUT2D eigenvalue weighted by Gasteiger charge is 2.43. The molecule has 6 heteroatoms. The summed E-state index contributed by atoms with van der Waals surface area (Å²) >= 11 is 0. The number of nitriles is 1. The first-order valence-corrected chi connectivity index (χ1v) is 7.57. The van der Waals surface area contributed by atoms with Crippen LogP contribution in [0.25, 0.3) is 0 Å². The molecule has 0 saturated carbocycles. The molecular formula is C17H20N4O2. The van der Waals surface area contributed by atoms with Crippen LogP contribution in [0.15, 0.2) is 29.0 Å². The van der Waals surface area contributed by atoms with Crippen LogP contribution < -0.4 is 5.73 Å². The van der Waals surface area contributed by atoms with E-state index in [4.69, 9.17) is 10.5 Å². The summed E-state index contributed by atoms with van der Waals surface area (Å²) in [7, 11) is 1.83. The third-order valence-electron chi connectivity index (χ3n) is 4.66. The van der Waals surface area contributed by atoms with E-state index in [1.807, 2.05) is 27.8 Å². The van der Waals surface area contributed by atoms with Crippen molar-refractivity contribution in [3.05, 3.63) is 40.2 Å². The average molecular weight is 312 g/mol. The van der Waals surface area contributed by atoms with Crippen LogP contribution in [-0.4, -0.2) is 15.6 Å². The van der Waals surface area contributed by atoms with E-state index >= 15 is 0 Å². The number of Topliss-reactive ketones (excluding diaryl/α,β-unsaturated/α-hetero) is 1. The van der Waals surface area contributed by atoms with Crippen LogP contribution in [-0.2, 0) is 16.6 Å². The number of hydrogen-bond donors (Lipinski definition) is 1. The molecule has 2 aliphatic rings. The van der Waals surface area contributed by atoms with Crippen LogP contribution in [0.2, 0.25) is 0 Å². The highest BCUT2D eigenvalue weighted by atomic mass is 16.5. The van der Waals surface area contributed by atoms with Gasteiger partial charge in [-0.05, 0) is 12.3 Å². The van der Waals surface area contributed by atoms with E-state index in [0.717, 1.165) is 11.3 Å². The Morgan fingerprint density at radius 2 is 2.17 bits per heavy atom. The molecule has 1 aliphatic heterocycles. The van der Waals surface area contributed by atoms with Crippen molar-refractivity contribution in [3.8, 4) is 6.07 Å². The Kier molecular flexibility index (Phi) is 3.33. The predicted octanol–water partition coefficient (Wildman–Crippen LogP) is 2.18. The molecule has 120 valence electrons. The Bertz CT molecular complexity index is 805. The number of nitrogens with two attached hydrogens (primary N) is 1. The summed E-state index contributed by atoms with van der Waals surface area (Å²) in [6.45, 7) is 5.98. The second kappa shape index (κ2) is 4.98. The summed E-state index contributed by atoms with van der Waals surface area (Å²) in [5.74, 6) is 0.215. The largest absolute Gasteiger partial charge is 0.444 e. The summed E-state index contributed by atoms with van der Waals surface area (Å²) in [4.78, 5) is 12.8. The number of carbonyl (C=O) groups excluding carboxylic acids is 1. The van der Waals surface area contributed by atoms with Crippen LogP contribution in [0.4, 0.5) is 0 Å². The molecule has 2 N–H and O–H groups in total. The van der Waals surface area contributed by atoms with E-state index in [2.05, 4.69) is 11.2 Å². The van der Waals surface area contributed by atoms with Gasteiger partial charge in [0.25, 0.3) is 0 Å². The lowest BCUT2D eigenvalue weighted by atomic mass is 9.70. The van der Waals surface area contributed by atoms with Crippen molar-refractivity contribution < 1.29 is 9.53 Å². The van der Waals surface area contributed by atoms with E-state index in [-0.39, 0.29) is 22.7 Å². The molecule has 1 unspecified atom stereocenters. The maximum absolute atomic E-state index is 12.8. The number of allylic oxidation sites excluding steroid dienone is 3. The minimum Gasteiger partial charge on any atom is -0.444 e. The van der Waals surface area contributed by atoms with Crippen molar-refractivity contribution >= 4 is 5.78 Å². The van der Waals surface area contributed by atoms with Crippen molar-refractivity contribution in [2.75, 3.05) is 0 Å². The maximum Gasteiger partial charge on any atom is 0.205 e. The molecule has 23 heavy (non-hydrogen) atoms. The van der Waals surface area contributed by atoms with Gasteiger partial charge in [0, 0.05) is 36.7 Å². The van der Waals surface area contributed by atoms with Gasteiger partial charge in [-0.3, -0.25) is 9.48 Å². The number of rotatable bonds is 1. The van der Waals surface area contributed by atoms with Gasteiger partial charge in [0.1, 0.15) is 17.4 Å². The quantitative estimate of drug-likeness (QED) is 0.857. The van der Waals surface area contributed by atoms with Crippen LogP contribution in [0, 0.1) is 23.7 Å². The molecule has 1 aromatic rings. The molecule has 0 amide bonds. The third-order valence-corrected chi connectivity index (χ3v) is 4.66. The molecule has 0 radical (unpaired) electrons. The first-order chi connectivity index (χ1) is 10.7. The molecule has 0 saturated heterocycles. The number of ketones is 1. The lowest BCUT2D eigenvalue weighted by Gasteiger charge is -2.37. The molecule has 6 nitrogen and oxygen atoms in total. The lowest BCUT2D eigenvalue weighted by Crippen LogP contribution is -2.33. The molecule has 2 heterocycles. The van der Waals surface area contributed by atoms with E-state index in [1.54, 1.807) is 10.9 Å². The number of ether oxygens (including phenoxy) is 1. The van der Waals surface area contributed by atoms with Gasteiger partial charge in [-0.15, -0.1) is 0 Å². The maximum atomic E-state index is 12.8. The molecular weight excluding hydrogens is 292 g/mol. The highest BCUT2D eigenvalue weighted by molar-refractivity contribution is 6.00. The van der Waals surface area contributed by atoms with Gasteiger partial charge in [0.15, 0.2) is 5.78 Å². The fourth-order valence-electron chi connectivity index (χ4n) is 3.39. The Hall–Kier alpha value is -2.55. The molecule has 1 atom stereocenters. The first-order valence-electron chi connectivity index (χ1n) is 7.57. The molecule has 0 fully saturated rings. The Morgan fingerprint density at radius 3 is 2.74 bits per heavy atom. The fourth-order valence-corrected chi connectivity index (χ4v) is 3.39. The van der Waals surface area contributed by atoms with Crippen molar-refractivity contribution in [2.45, 2.75) is 39.5 Å². The first kappa shape index (κ1) is 15.3. The fraction of sp³-hybridized carbons (Fsp3) is 0.471. The zero-order valence-electron chi connectivity index (χ0n) is 13.8. The average Bonchev–Trinajstić information content (AvgIpc) is 2.76. The SMILES string of the molecule is Cc1c(C2C(C#N)=C(N)OC3=C2C(=O)CC(C)(C)C3)cnn1C. The molecule has 3 rings (SSSR count). The number of hydrogen-bond acceptors (Lipinski definition) is 5. The Morgan fingerprint density at radius 1 is 1.48 bits per heavy atom. The summed E-state index contributed by atoms with van der Waals surface area (Å²) in [5, 5.41) is 13.8. The molecule has 0 bridgehead atoms. The summed E-state index contributed by atoms with van der Waals surface area (Å²) in [5.41, 5.74) is 8.39. The second-order valence-electron chi connectivity index (χ2n) is 7.01. The zero-order valence-corrected chi connectivity index (χ0v) is 13.8. The second-order valence-corrected chi connectivity index (χ2v) is 7.01. The van der Waals surface area contributed by atoms with Crippen molar-refractivity contribution in [1.29, 1.82) is 5.26 Å². The highest BCUT2D eigenvalue weighted by Crippen LogP contribution is 2.48. The van der Waals surface area contributed by atoms with E-state index in [9.17, 15) is 10.1 Å². The molecule has 1 aromatic heterocycles. The van der Waals surface area contributed by atoms with Gasteiger partial charge >= 0.3 is 0 Å². The van der Waals surface area contributed by atoms with Gasteiger partial charge in [0.2, 0.25) is 5.88 Å². The van der Waals surface area contributed by atoms with Gasteiger partial charge in [-0.2, -0.15) is 10.4 Å². The van der Waals surface area contributed by atoms with Crippen molar-refractivity contribution in [2.24, 2.45) is 18.2 Å². The summed E-state index contributed by atoms with van der Waals surface area (Å²) < 4.78 is 7.39. The van der Waals surface area contributed by atoms with Crippen LogP contribution >= 0.6 is 0 Å². The van der Waals surface area contributed by atoms with E-state index < -0.39 is 5.92 Å². The van der Waals surface area contributed by atoms with Crippen LogP contribution in [0.5, 0.6) is 0 Å². The normalized spacial score (nSPS) is 23.4. The Balaban J connectivity index is 2.22. The van der Waals surface area contributed by atoms with E-state index in [1.165, 1.54) is 0 Å². The molecule has 0 aromatic carbocycles. The van der Waals surface area contributed by atoms with Gasteiger partial charge in [-0.1, -0.05) is 13.8 Å². The standard InChI is InChI=1S/C17H20N4O2/c1-9-11(8-20-21(9)4)14-10(7-18)16(19)23-13-6-17(2,3)5-12(22)15(13)14/h8,14H,5-6,19H2,1-4H3. The minimum absolute atomic E-state index is 0.0183. The van der Waals surface area contributed by atoms with Crippen LogP contribution in [0.1, 0.15) is 43.9 Å². The smallest absolute Gasteiger partial charge is 0.205 e. The number of aryl methyl sites for hydroxylation is 1. The van der Waals surface area contributed by atoms with Gasteiger partial charge in [-0.25, -0.2) is 0 Å². The lowest BCUT2D eigenvalue weighted by molar-refractivity contribution is -0.119. The number of carbonyl (C=O) groups is 1.